The van der Waals surface area contributed by atoms with Crippen molar-refractivity contribution < 1.29 is 23.7 Å². The number of alkyl halides is 1. The van der Waals surface area contributed by atoms with Gasteiger partial charge in [-0.15, -0.1) is 0 Å². The van der Waals surface area contributed by atoms with Gasteiger partial charge in [0.05, 0.1) is 17.0 Å². The van der Waals surface area contributed by atoms with Crippen molar-refractivity contribution in [1.29, 1.82) is 0 Å². The number of nitrogens with two attached hydrogens (primary N) is 1. The van der Waals surface area contributed by atoms with Gasteiger partial charge in [-0.3, -0.25) is 9.88 Å². The highest BCUT2D eigenvalue weighted by atomic mass is 19.1. The number of halogens is 2. The molecule has 0 unspecified atom stereocenters. The molecule has 0 amide bonds. The zero-order chi connectivity index (χ0) is 27.6. The van der Waals surface area contributed by atoms with Crippen LogP contribution in [0.3, 0.4) is 0 Å². The fraction of sp³-hybridized carbons (Fsp3) is 0.414. The van der Waals surface area contributed by atoms with Crippen LogP contribution in [-0.2, 0) is 0 Å². The lowest BCUT2D eigenvalue weighted by Gasteiger charge is -2.31. The van der Waals surface area contributed by atoms with Gasteiger partial charge in [-0.2, -0.15) is 9.97 Å². The van der Waals surface area contributed by atoms with E-state index in [1.165, 1.54) is 12.3 Å². The number of pyridine rings is 1. The Morgan fingerprint density at radius 2 is 1.98 bits per heavy atom. The van der Waals surface area contributed by atoms with Crippen LogP contribution in [0.5, 0.6) is 11.8 Å². The van der Waals surface area contributed by atoms with Crippen molar-refractivity contribution >= 4 is 27.5 Å². The largest absolute Gasteiger partial charge is 0.508 e. The highest BCUT2D eigenvalue weighted by Crippen LogP contribution is 2.41. The number of aliphatic hydroxyl groups excluding tert-OH is 1. The second kappa shape index (κ2) is 9.46. The number of hydrogen-bond acceptors (Lipinski definition) is 9. The van der Waals surface area contributed by atoms with E-state index >= 15 is 4.39 Å². The van der Waals surface area contributed by atoms with Crippen LogP contribution in [0.2, 0.25) is 0 Å². The number of phenols is 1. The van der Waals surface area contributed by atoms with E-state index in [1.54, 1.807) is 11.0 Å². The second-order valence-electron chi connectivity index (χ2n) is 11.2. The van der Waals surface area contributed by atoms with Crippen molar-refractivity contribution in [3.63, 3.8) is 0 Å². The molecule has 3 saturated heterocycles. The maximum atomic E-state index is 16.4. The number of rotatable bonds is 5. The molecule has 4 aromatic rings. The minimum Gasteiger partial charge on any atom is -0.508 e. The monoisotopic (exact) mass is 548 g/mol. The molecule has 4 N–H and O–H groups in total. The predicted octanol–water partition coefficient (Wildman–Crippen LogP) is 3.15. The summed E-state index contributed by atoms with van der Waals surface area (Å²) in [6.07, 6.45) is 1.99. The van der Waals surface area contributed by atoms with Gasteiger partial charge < -0.3 is 25.6 Å². The number of fused-ring (bicyclic) bond motifs is 3. The molecule has 11 heteroatoms. The smallest absolute Gasteiger partial charge is 0.319 e. The van der Waals surface area contributed by atoms with Gasteiger partial charge in [0.25, 0.3) is 0 Å². The lowest BCUT2D eigenvalue weighted by Crippen LogP contribution is -2.43. The molecule has 7 rings (SSSR count). The van der Waals surface area contributed by atoms with Gasteiger partial charge in [0.1, 0.15) is 35.6 Å². The Morgan fingerprint density at radius 3 is 2.80 bits per heavy atom. The standard InChI is InChI=1S/C29H30F2N6O3/c30-17-10-29(6-3-7-37(29)12-17)15-40-28-34-26-21(27(35-28)36-13-22(32)23(39)14-36)11-33-25(24(26)31)20-9-18(38)8-16-4-1-2-5-19(16)20/h1-2,4-5,8-9,11,17,22-23,38-39H,3,6-7,10,12-15,32H2/t17-,22-,23-,29+/m1/s1. The summed E-state index contributed by atoms with van der Waals surface area (Å²) in [4.78, 5) is 17.5. The van der Waals surface area contributed by atoms with Crippen LogP contribution < -0.4 is 15.4 Å². The third-order valence-corrected chi connectivity index (χ3v) is 8.61. The molecular weight excluding hydrogens is 518 g/mol. The van der Waals surface area contributed by atoms with Gasteiger partial charge in [-0.05, 0) is 42.3 Å². The zero-order valence-electron chi connectivity index (χ0n) is 21.8. The number of phenolic OH excluding ortho intramolecular Hbond substituents is 1. The predicted molar refractivity (Wildman–Crippen MR) is 147 cm³/mol. The Morgan fingerprint density at radius 1 is 1.12 bits per heavy atom. The summed E-state index contributed by atoms with van der Waals surface area (Å²) in [5.41, 5.74) is 6.11. The maximum absolute atomic E-state index is 16.4. The summed E-state index contributed by atoms with van der Waals surface area (Å²) in [5, 5.41) is 22.5. The molecule has 0 radical (unpaired) electrons. The normalized spacial score (nSPS) is 26.7. The molecule has 4 atom stereocenters. The third-order valence-electron chi connectivity index (χ3n) is 8.61. The van der Waals surface area contributed by atoms with E-state index in [9.17, 15) is 14.6 Å². The first-order valence-corrected chi connectivity index (χ1v) is 13.6. The van der Waals surface area contributed by atoms with Crippen LogP contribution in [-0.4, -0.2) is 86.7 Å². The summed E-state index contributed by atoms with van der Waals surface area (Å²) in [7, 11) is 0. The molecule has 0 aliphatic carbocycles. The van der Waals surface area contributed by atoms with Gasteiger partial charge >= 0.3 is 6.01 Å². The van der Waals surface area contributed by atoms with Gasteiger partial charge in [-0.1, -0.05) is 24.3 Å². The highest BCUT2D eigenvalue weighted by molar-refractivity contribution is 5.99. The third kappa shape index (κ3) is 4.11. The molecule has 0 bridgehead atoms. The summed E-state index contributed by atoms with van der Waals surface area (Å²) in [6, 6.07) is 9.94. The Bertz CT molecular complexity index is 1610. The van der Waals surface area contributed by atoms with Crippen LogP contribution in [0.1, 0.15) is 19.3 Å². The van der Waals surface area contributed by atoms with Crippen molar-refractivity contribution in [2.24, 2.45) is 5.73 Å². The number of anilines is 1. The minimum atomic E-state index is -0.909. The van der Waals surface area contributed by atoms with E-state index in [1.807, 2.05) is 24.3 Å². The van der Waals surface area contributed by atoms with E-state index in [0.29, 0.717) is 36.3 Å². The fourth-order valence-electron chi connectivity index (χ4n) is 6.64. The number of aromatic nitrogens is 3. The molecule has 208 valence electrons. The van der Waals surface area contributed by atoms with E-state index in [-0.39, 0.29) is 36.1 Å². The van der Waals surface area contributed by atoms with Gasteiger partial charge in [0.15, 0.2) is 5.82 Å². The van der Waals surface area contributed by atoms with E-state index in [2.05, 4.69) is 19.9 Å². The minimum absolute atomic E-state index is 0.00273. The molecule has 40 heavy (non-hydrogen) atoms. The first-order valence-electron chi connectivity index (χ1n) is 13.6. The quantitative estimate of drug-likeness (QED) is 0.345. The molecule has 2 aromatic carbocycles. The average molecular weight is 549 g/mol. The number of nitrogens with zero attached hydrogens (tertiary/aromatic N) is 5. The first kappa shape index (κ1) is 25.3. The maximum Gasteiger partial charge on any atom is 0.319 e. The van der Waals surface area contributed by atoms with Crippen molar-refractivity contribution in [3.8, 4) is 23.0 Å². The molecule has 3 aliphatic heterocycles. The molecule has 5 heterocycles. The number of ether oxygens (including phenoxy) is 1. The van der Waals surface area contributed by atoms with Crippen LogP contribution in [0.25, 0.3) is 32.9 Å². The first-order chi connectivity index (χ1) is 19.3. The second-order valence-corrected chi connectivity index (χ2v) is 11.2. The fourth-order valence-corrected chi connectivity index (χ4v) is 6.64. The van der Waals surface area contributed by atoms with E-state index in [4.69, 9.17) is 10.5 Å². The number of hydrogen-bond donors (Lipinski definition) is 3. The van der Waals surface area contributed by atoms with Crippen molar-refractivity contribution in [3.05, 3.63) is 48.4 Å². The lowest BCUT2D eigenvalue weighted by molar-refractivity contribution is 0.107. The Hall–Kier alpha value is -3.67. The van der Waals surface area contributed by atoms with Gasteiger partial charge in [0, 0.05) is 43.9 Å². The number of aromatic hydroxyl groups is 1. The van der Waals surface area contributed by atoms with Crippen LogP contribution in [0.4, 0.5) is 14.6 Å². The SMILES string of the molecule is N[C@@H]1CN(c2nc(OC[C@@]34CCCN3C[C@H](F)C4)nc3c(F)c(-c4cc(O)cc5ccccc45)ncc23)C[C@H]1O. The van der Waals surface area contributed by atoms with Crippen LogP contribution in [0.15, 0.2) is 42.6 Å². The molecule has 0 spiro atoms. The summed E-state index contributed by atoms with van der Waals surface area (Å²) in [5.74, 6) is -0.331. The molecule has 3 aliphatic rings. The Labute approximate surface area is 229 Å². The molecule has 9 nitrogen and oxygen atoms in total. The zero-order valence-corrected chi connectivity index (χ0v) is 21.8. The van der Waals surface area contributed by atoms with Gasteiger partial charge in [-0.25, -0.2) is 8.78 Å². The topological polar surface area (TPSA) is 121 Å². The van der Waals surface area contributed by atoms with E-state index in [0.717, 1.165) is 30.2 Å². The molecular formula is C29H30F2N6O3. The number of benzene rings is 2. The number of aliphatic hydroxyl groups is 1. The highest BCUT2D eigenvalue weighted by Gasteiger charge is 2.49. The molecule has 3 fully saturated rings. The van der Waals surface area contributed by atoms with Gasteiger partial charge in [0.2, 0.25) is 0 Å². The van der Waals surface area contributed by atoms with Crippen LogP contribution >= 0.6 is 0 Å². The van der Waals surface area contributed by atoms with Crippen molar-refractivity contribution in [2.75, 3.05) is 37.7 Å². The Balaban J connectivity index is 1.35. The Kier molecular flexibility index (Phi) is 5.99. The average Bonchev–Trinajstić information content (AvgIpc) is 3.58. The summed E-state index contributed by atoms with van der Waals surface area (Å²) in [6.45, 7) is 1.93. The lowest BCUT2D eigenvalue weighted by atomic mass is 9.95. The van der Waals surface area contributed by atoms with Crippen LogP contribution in [0, 0.1) is 5.82 Å². The van der Waals surface area contributed by atoms with Crippen molar-refractivity contribution in [1.82, 2.24) is 19.9 Å². The summed E-state index contributed by atoms with van der Waals surface area (Å²) >= 11 is 0. The molecule has 0 saturated carbocycles. The van der Waals surface area contributed by atoms with E-state index < -0.39 is 29.7 Å². The van der Waals surface area contributed by atoms with Crippen molar-refractivity contribution in [2.45, 2.75) is 43.1 Å². The molecule has 2 aromatic heterocycles. The summed E-state index contributed by atoms with van der Waals surface area (Å²) < 4.78 is 36.8. The number of β-amino-alcohol motifs (C(OH)–C–C–N with tert-alkyl or cyclic N) is 1.